The molecule has 5 nitrogen and oxygen atoms in total. The third-order valence-corrected chi connectivity index (χ3v) is 3.32. The van der Waals surface area contributed by atoms with Crippen LogP contribution in [-0.4, -0.2) is 49.4 Å². The van der Waals surface area contributed by atoms with Crippen LogP contribution in [0.25, 0.3) is 0 Å². The van der Waals surface area contributed by atoms with E-state index in [4.69, 9.17) is 5.84 Å². The highest BCUT2D eigenvalue weighted by Gasteiger charge is 2.17. The second-order valence-corrected chi connectivity index (χ2v) is 6.12. The molecule has 1 aromatic rings. The predicted molar refractivity (Wildman–Crippen MR) is 88.3 cm³/mol. The SMILES string of the molecule is Cc1cc(C(=O)N(CCN(C)C)CC(C)C)ccc1NN. The normalized spacial score (nSPS) is 11.0. The number of nitrogens with one attached hydrogen (secondary N) is 1. The van der Waals surface area contributed by atoms with Crippen molar-refractivity contribution in [3.63, 3.8) is 0 Å². The summed E-state index contributed by atoms with van der Waals surface area (Å²) in [5.74, 6) is 5.96. The summed E-state index contributed by atoms with van der Waals surface area (Å²) < 4.78 is 0. The van der Waals surface area contributed by atoms with Gasteiger partial charge in [0.2, 0.25) is 0 Å². The molecule has 0 fully saturated rings. The molecule has 3 N–H and O–H groups in total. The van der Waals surface area contributed by atoms with Crippen LogP contribution in [0, 0.1) is 12.8 Å². The molecular formula is C16H28N4O. The summed E-state index contributed by atoms with van der Waals surface area (Å²) in [6, 6.07) is 5.57. The zero-order chi connectivity index (χ0) is 16.0. The number of nitrogens with two attached hydrogens (primary N) is 1. The van der Waals surface area contributed by atoms with E-state index in [9.17, 15) is 4.79 Å². The van der Waals surface area contributed by atoms with Crippen LogP contribution in [0.4, 0.5) is 5.69 Å². The van der Waals surface area contributed by atoms with Crippen LogP contribution in [0.1, 0.15) is 29.8 Å². The van der Waals surface area contributed by atoms with Gasteiger partial charge in [-0.2, -0.15) is 0 Å². The Morgan fingerprint density at radius 1 is 1.29 bits per heavy atom. The van der Waals surface area contributed by atoms with E-state index in [0.29, 0.717) is 11.5 Å². The number of hydrogen-bond acceptors (Lipinski definition) is 4. The number of aryl methyl sites for hydroxylation is 1. The standard InChI is InChI=1S/C16H28N4O/c1-12(2)11-20(9-8-19(4)5)16(21)14-6-7-15(18-17)13(3)10-14/h6-7,10,12,18H,8-9,11,17H2,1-5H3. The van der Waals surface area contributed by atoms with Gasteiger partial charge in [-0.3, -0.25) is 10.6 Å². The smallest absolute Gasteiger partial charge is 0.253 e. The fraction of sp³-hybridized carbons (Fsp3) is 0.562. The van der Waals surface area contributed by atoms with Crippen LogP contribution in [0.3, 0.4) is 0 Å². The first-order chi connectivity index (χ1) is 9.85. The minimum Gasteiger partial charge on any atom is -0.337 e. The second kappa shape index (κ2) is 8.00. The third kappa shape index (κ3) is 5.36. The van der Waals surface area contributed by atoms with Crippen molar-refractivity contribution in [2.45, 2.75) is 20.8 Å². The fourth-order valence-corrected chi connectivity index (χ4v) is 2.18. The van der Waals surface area contributed by atoms with Crippen molar-refractivity contribution in [3.05, 3.63) is 29.3 Å². The molecule has 0 spiro atoms. The number of nitrogens with zero attached hydrogens (tertiary/aromatic N) is 2. The van der Waals surface area contributed by atoms with Gasteiger partial charge in [0.05, 0.1) is 5.69 Å². The van der Waals surface area contributed by atoms with Crippen LogP contribution in [-0.2, 0) is 0 Å². The Bertz CT molecular complexity index is 471. The summed E-state index contributed by atoms with van der Waals surface area (Å²) >= 11 is 0. The zero-order valence-corrected chi connectivity index (χ0v) is 13.8. The van der Waals surface area contributed by atoms with Crippen LogP contribution in [0.2, 0.25) is 0 Å². The molecule has 118 valence electrons. The van der Waals surface area contributed by atoms with Crippen molar-refractivity contribution in [3.8, 4) is 0 Å². The lowest BCUT2D eigenvalue weighted by Crippen LogP contribution is -2.39. The predicted octanol–water partition coefficient (Wildman–Crippen LogP) is 1.94. The molecule has 1 rings (SSSR count). The van der Waals surface area contributed by atoms with E-state index in [0.717, 1.165) is 30.9 Å². The maximum Gasteiger partial charge on any atom is 0.253 e. The maximum atomic E-state index is 12.7. The van der Waals surface area contributed by atoms with E-state index in [1.54, 1.807) is 0 Å². The lowest BCUT2D eigenvalue weighted by Gasteiger charge is -2.26. The zero-order valence-electron chi connectivity index (χ0n) is 13.8. The van der Waals surface area contributed by atoms with Crippen molar-refractivity contribution in [1.29, 1.82) is 0 Å². The average Bonchev–Trinajstić information content (AvgIpc) is 2.42. The number of benzene rings is 1. The summed E-state index contributed by atoms with van der Waals surface area (Å²) in [6.07, 6.45) is 0. The van der Waals surface area contributed by atoms with Crippen molar-refractivity contribution in [1.82, 2.24) is 9.80 Å². The minimum absolute atomic E-state index is 0.0808. The average molecular weight is 292 g/mol. The third-order valence-electron chi connectivity index (χ3n) is 3.32. The Morgan fingerprint density at radius 3 is 2.43 bits per heavy atom. The lowest BCUT2D eigenvalue weighted by molar-refractivity contribution is 0.0724. The summed E-state index contributed by atoms with van der Waals surface area (Å²) in [6.45, 7) is 8.56. The molecule has 0 aliphatic rings. The van der Waals surface area contributed by atoms with Gasteiger partial charge in [-0.1, -0.05) is 13.8 Å². The van der Waals surface area contributed by atoms with E-state index in [1.807, 2.05) is 44.1 Å². The number of amides is 1. The number of hydrogen-bond donors (Lipinski definition) is 2. The number of hydrazine groups is 1. The summed E-state index contributed by atoms with van der Waals surface area (Å²) in [5, 5.41) is 0. The molecule has 21 heavy (non-hydrogen) atoms. The number of likely N-dealkylation sites (N-methyl/N-ethyl adjacent to an activating group) is 1. The van der Waals surface area contributed by atoms with Gasteiger partial charge in [-0.25, -0.2) is 0 Å². The number of carbonyl (C=O) groups is 1. The van der Waals surface area contributed by atoms with E-state index < -0.39 is 0 Å². The van der Waals surface area contributed by atoms with Crippen molar-refractivity contribution >= 4 is 11.6 Å². The molecule has 0 aliphatic carbocycles. The van der Waals surface area contributed by atoms with Crippen molar-refractivity contribution in [2.24, 2.45) is 11.8 Å². The molecule has 0 heterocycles. The number of carbonyl (C=O) groups excluding carboxylic acids is 1. The highest BCUT2D eigenvalue weighted by Crippen LogP contribution is 2.17. The Morgan fingerprint density at radius 2 is 1.95 bits per heavy atom. The van der Waals surface area contributed by atoms with Crippen LogP contribution < -0.4 is 11.3 Å². The summed E-state index contributed by atoms with van der Waals surface area (Å²) in [5.41, 5.74) is 5.16. The second-order valence-electron chi connectivity index (χ2n) is 6.12. The van der Waals surface area contributed by atoms with Gasteiger partial charge in [0.1, 0.15) is 0 Å². The Labute approximate surface area is 128 Å². The first-order valence-electron chi connectivity index (χ1n) is 7.36. The summed E-state index contributed by atoms with van der Waals surface area (Å²) in [7, 11) is 4.04. The minimum atomic E-state index is 0.0808. The quantitative estimate of drug-likeness (QED) is 0.595. The molecule has 0 aliphatic heterocycles. The monoisotopic (exact) mass is 292 g/mol. The molecule has 0 aromatic heterocycles. The maximum absolute atomic E-state index is 12.7. The van der Waals surface area contributed by atoms with Gasteiger partial charge < -0.3 is 15.2 Å². The Hall–Kier alpha value is -1.59. The molecular weight excluding hydrogens is 264 g/mol. The first-order valence-corrected chi connectivity index (χ1v) is 7.36. The lowest BCUT2D eigenvalue weighted by atomic mass is 10.1. The molecule has 0 atom stereocenters. The largest absolute Gasteiger partial charge is 0.337 e. The number of rotatable bonds is 7. The Balaban J connectivity index is 2.90. The van der Waals surface area contributed by atoms with E-state index >= 15 is 0 Å². The topological polar surface area (TPSA) is 61.6 Å². The van der Waals surface area contributed by atoms with Gasteiger partial charge in [0.25, 0.3) is 5.91 Å². The number of anilines is 1. The van der Waals surface area contributed by atoms with E-state index in [-0.39, 0.29) is 5.91 Å². The van der Waals surface area contributed by atoms with Gasteiger partial charge in [0, 0.05) is 25.2 Å². The van der Waals surface area contributed by atoms with Crippen LogP contribution >= 0.6 is 0 Å². The van der Waals surface area contributed by atoms with Gasteiger partial charge >= 0.3 is 0 Å². The first kappa shape index (κ1) is 17.5. The molecule has 0 saturated heterocycles. The highest BCUT2D eigenvalue weighted by atomic mass is 16.2. The molecule has 0 radical (unpaired) electrons. The van der Waals surface area contributed by atoms with Crippen LogP contribution in [0.5, 0.6) is 0 Å². The van der Waals surface area contributed by atoms with Gasteiger partial charge in [0.15, 0.2) is 0 Å². The molecule has 0 bridgehead atoms. The molecule has 1 aromatic carbocycles. The molecule has 0 saturated carbocycles. The van der Waals surface area contributed by atoms with E-state index in [2.05, 4.69) is 24.2 Å². The highest BCUT2D eigenvalue weighted by molar-refractivity contribution is 5.95. The Kier molecular flexibility index (Phi) is 6.65. The molecule has 0 unspecified atom stereocenters. The number of nitrogen functional groups attached to an aromatic ring is 1. The van der Waals surface area contributed by atoms with Crippen LogP contribution in [0.15, 0.2) is 18.2 Å². The fourth-order valence-electron chi connectivity index (χ4n) is 2.18. The molecule has 1 amide bonds. The van der Waals surface area contributed by atoms with E-state index in [1.165, 1.54) is 0 Å². The van der Waals surface area contributed by atoms with Gasteiger partial charge in [-0.15, -0.1) is 0 Å². The van der Waals surface area contributed by atoms with Crippen molar-refractivity contribution < 1.29 is 4.79 Å². The summed E-state index contributed by atoms with van der Waals surface area (Å²) in [4.78, 5) is 16.7. The molecule has 5 heteroatoms. The van der Waals surface area contributed by atoms with Crippen molar-refractivity contribution in [2.75, 3.05) is 39.2 Å². The van der Waals surface area contributed by atoms with Gasteiger partial charge in [-0.05, 0) is 50.7 Å².